The average Bonchev–Trinajstić information content (AvgIpc) is 2.96. The van der Waals surface area contributed by atoms with Gasteiger partial charge in [0.1, 0.15) is 0 Å². The molecule has 2 saturated carbocycles. The van der Waals surface area contributed by atoms with Gasteiger partial charge in [-0.05, 0) is 43.4 Å². The smallest absolute Gasteiger partial charge is 0.00749 e. The van der Waals surface area contributed by atoms with Crippen LogP contribution in [-0.4, -0.2) is 12.1 Å². The van der Waals surface area contributed by atoms with E-state index in [1.54, 1.807) is 0 Å². The molecule has 2 aliphatic carbocycles. The minimum Gasteiger partial charge on any atom is -0.311 e. The third-order valence-corrected chi connectivity index (χ3v) is 4.10. The molecule has 0 aromatic carbocycles. The Kier molecular flexibility index (Phi) is 5.30. The Morgan fingerprint density at radius 3 is 1.94 bits per heavy atom. The van der Waals surface area contributed by atoms with Crippen LogP contribution in [0.5, 0.6) is 0 Å². The minimum atomic E-state index is 0.560. The molecule has 0 aromatic rings. The zero-order chi connectivity index (χ0) is 12.2. The van der Waals surface area contributed by atoms with Crippen molar-refractivity contribution in [3.8, 4) is 0 Å². The summed E-state index contributed by atoms with van der Waals surface area (Å²) in [6.07, 6.45) is 8.29. The Morgan fingerprint density at radius 2 is 1.50 bits per heavy atom. The number of hydrogen-bond donors (Lipinski definition) is 1. The van der Waals surface area contributed by atoms with Gasteiger partial charge < -0.3 is 5.32 Å². The first kappa shape index (κ1) is 14.0. The summed E-state index contributed by atoms with van der Waals surface area (Å²) in [5.41, 5.74) is 0.560. The molecule has 1 N–H and O–H groups in total. The van der Waals surface area contributed by atoms with Gasteiger partial charge in [0.25, 0.3) is 0 Å². The van der Waals surface area contributed by atoms with Crippen molar-refractivity contribution >= 4 is 0 Å². The van der Waals surface area contributed by atoms with Crippen LogP contribution in [-0.2, 0) is 0 Å². The van der Waals surface area contributed by atoms with Gasteiger partial charge in [-0.2, -0.15) is 0 Å². The lowest BCUT2D eigenvalue weighted by Gasteiger charge is -2.41. The van der Waals surface area contributed by atoms with Gasteiger partial charge in [-0.25, -0.2) is 0 Å². The molecule has 16 heavy (non-hydrogen) atoms. The third-order valence-electron chi connectivity index (χ3n) is 4.10. The van der Waals surface area contributed by atoms with Crippen LogP contribution < -0.4 is 5.32 Å². The average molecular weight is 225 g/mol. The largest absolute Gasteiger partial charge is 0.311 e. The summed E-state index contributed by atoms with van der Waals surface area (Å²) in [4.78, 5) is 0. The molecule has 0 saturated heterocycles. The van der Waals surface area contributed by atoms with Crippen LogP contribution in [0.15, 0.2) is 0 Å². The van der Waals surface area contributed by atoms with Gasteiger partial charge in [-0.15, -0.1) is 0 Å². The molecule has 1 heteroatoms. The normalized spacial score (nSPS) is 32.8. The van der Waals surface area contributed by atoms with Gasteiger partial charge in [0.05, 0.1) is 0 Å². The maximum absolute atomic E-state index is 3.77. The molecule has 1 unspecified atom stereocenters. The lowest BCUT2D eigenvalue weighted by molar-refractivity contribution is 0.123. The van der Waals surface area contributed by atoms with E-state index in [1.165, 1.54) is 38.5 Å². The third kappa shape index (κ3) is 4.45. The molecule has 96 valence electrons. The van der Waals surface area contributed by atoms with Gasteiger partial charge in [-0.3, -0.25) is 0 Å². The van der Waals surface area contributed by atoms with Crippen LogP contribution in [0.1, 0.15) is 73.1 Å². The van der Waals surface area contributed by atoms with Gasteiger partial charge >= 0.3 is 0 Å². The number of nitrogens with one attached hydrogen (secondary N) is 1. The van der Waals surface area contributed by atoms with Gasteiger partial charge in [0, 0.05) is 12.1 Å². The highest BCUT2D eigenvalue weighted by atomic mass is 15.0. The molecule has 2 aliphatic rings. The van der Waals surface area contributed by atoms with Gasteiger partial charge in [0.15, 0.2) is 0 Å². The predicted molar refractivity (Wildman–Crippen MR) is 72.7 cm³/mol. The lowest BCUT2D eigenvalue weighted by Crippen LogP contribution is -2.41. The van der Waals surface area contributed by atoms with E-state index in [0.29, 0.717) is 5.41 Å². The van der Waals surface area contributed by atoms with Crippen molar-refractivity contribution in [2.75, 3.05) is 0 Å². The highest BCUT2D eigenvalue weighted by Crippen LogP contribution is 2.40. The zero-order valence-electron chi connectivity index (χ0n) is 12.0. The highest BCUT2D eigenvalue weighted by Gasteiger charge is 2.35. The summed E-state index contributed by atoms with van der Waals surface area (Å²) in [6, 6.07) is 1.70. The second kappa shape index (κ2) is 6.05. The van der Waals surface area contributed by atoms with Crippen molar-refractivity contribution in [1.82, 2.24) is 5.32 Å². The quantitative estimate of drug-likeness (QED) is 0.736. The Balaban J connectivity index is 0.000000386. The molecule has 2 atom stereocenters. The summed E-state index contributed by atoms with van der Waals surface area (Å²) >= 11 is 0. The van der Waals surface area contributed by atoms with Crippen molar-refractivity contribution in [2.45, 2.75) is 85.2 Å². The topological polar surface area (TPSA) is 12.0 Å². The van der Waals surface area contributed by atoms with E-state index in [9.17, 15) is 0 Å². The Morgan fingerprint density at radius 1 is 1.00 bits per heavy atom. The molecule has 0 spiro atoms. The Hall–Kier alpha value is -0.0400. The summed E-state index contributed by atoms with van der Waals surface area (Å²) in [5.74, 6) is 0.907. The van der Waals surface area contributed by atoms with E-state index in [2.05, 4.69) is 39.9 Å². The van der Waals surface area contributed by atoms with Crippen molar-refractivity contribution in [3.63, 3.8) is 0 Å². The monoisotopic (exact) mass is 225 g/mol. The maximum atomic E-state index is 3.77. The van der Waals surface area contributed by atoms with Crippen molar-refractivity contribution in [2.24, 2.45) is 11.3 Å². The van der Waals surface area contributed by atoms with E-state index in [0.717, 1.165) is 18.0 Å². The molecule has 2 rings (SSSR count). The van der Waals surface area contributed by atoms with Crippen molar-refractivity contribution in [1.29, 1.82) is 0 Å². The second-order valence-electron chi connectivity index (χ2n) is 6.52. The molecular formula is C15H31N. The van der Waals surface area contributed by atoms with Crippen LogP contribution in [0.25, 0.3) is 0 Å². The first-order valence-electron chi connectivity index (χ1n) is 7.25. The summed E-state index contributed by atoms with van der Waals surface area (Å²) in [7, 11) is 0. The van der Waals surface area contributed by atoms with Crippen LogP contribution in [0.2, 0.25) is 0 Å². The Bertz CT molecular complexity index is 194. The lowest BCUT2D eigenvalue weighted by atomic mass is 9.68. The molecule has 0 bridgehead atoms. The molecule has 2 fully saturated rings. The van der Waals surface area contributed by atoms with E-state index in [-0.39, 0.29) is 0 Å². The van der Waals surface area contributed by atoms with E-state index in [4.69, 9.17) is 0 Å². The van der Waals surface area contributed by atoms with Crippen LogP contribution in [0, 0.1) is 11.3 Å². The van der Waals surface area contributed by atoms with Gasteiger partial charge in [0.2, 0.25) is 0 Å². The standard InChI is InChI=1S/C12H23N.C3H8/c1-9-4-5-11(8-12(9,2)3)13-10-6-7-10;1-3-2/h9-11,13H,4-8H2,1-3H3;3H2,1-2H3/t9?,11-;/m1./s1. The molecule has 0 heterocycles. The summed E-state index contributed by atoms with van der Waals surface area (Å²) in [6.45, 7) is 11.5. The fraction of sp³-hybridized carbons (Fsp3) is 1.00. The SMILES string of the molecule is CC1CC[C@@H](NC2CC2)CC1(C)C.CCC. The first-order valence-corrected chi connectivity index (χ1v) is 7.25. The predicted octanol–water partition coefficient (Wildman–Crippen LogP) is 4.37. The van der Waals surface area contributed by atoms with E-state index in [1.807, 2.05) is 0 Å². The molecule has 0 aromatic heterocycles. The summed E-state index contributed by atoms with van der Waals surface area (Å²) < 4.78 is 0. The van der Waals surface area contributed by atoms with Crippen LogP contribution in [0.3, 0.4) is 0 Å². The fourth-order valence-corrected chi connectivity index (χ4v) is 2.51. The summed E-state index contributed by atoms with van der Waals surface area (Å²) in [5, 5.41) is 3.77. The minimum absolute atomic E-state index is 0.560. The molecule has 0 amide bonds. The molecule has 0 radical (unpaired) electrons. The first-order chi connectivity index (χ1) is 7.49. The van der Waals surface area contributed by atoms with Gasteiger partial charge in [-0.1, -0.05) is 41.0 Å². The van der Waals surface area contributed by atoms with Crippen molar-refractivity contribution in [3.05, 3.63) is 0 Å². The Labute approximate surface area is 102 Å². The molecule has 0 aliphatic heterocycles. The fourth-order valence-electron chi connectivity index (χ4n) is 2.51. The zero-order valence-corrected chi connectivity index (χ0v) is 12.0. The molecule has 1 nitrogen and oxygen atoms in total. The maximum Gasteiger partial charge on any atom is 0.00749 e. The van der Waals surface area contributed by atoms with E-state index >= 15 is 0 Å². The highest BCUT2D eigenvalue weighted by molar-refractivity contribution is 4.92. The van der Waals surface area contributed by atoms with Crippen LogP contribution >= 0.6 is 0 Å². The van der Waals surface area contributed by atoms with Crippen LogP contribution in [0.4, 0.5) is 0 Å². The molecular weight excluding hydrogens is 194 g/mol. The number of rotatable bonds is 2. The van der Waals surface area contributed by atoms with Crippen molar-refractivity contribution < 1.29 is 0 Å². The number of hydrogen-bond acceptors (Lipinski definition) is 1. The van der Waals surface area contributed by atoms with E-state index < -0.39 is 0 Å². The second-order valence-corrected chi connectivity index (χ2v) is 6.52.